The van der Waals surface area contributed by atoms with Crippen LogP contribution in [0.2, 0.25) is 5.02 Å². The van der Waals surface area contributed by atoms with Crippen molar-refractivity contribution in [1.29, 1.82) is 0 Å². The minimum atomic E-state index is -4.71. The summed E-state index contributed by atoms with van der Waals surface area (Å²) >= 11 is 5.89. The van der Waals surface area contributed by atoms with Crippen LogP contribution in [-0.2, 0) is 12.7 Å². The van der Waals surface area contributed by atoms with Gasteiger partial charge in [-0.2, -0.15) is 23.4 Å². The smallest absolute Gasteiger partial charge is 0.336 e. The average molecular weight is 511 g/mol. The van der Waals surface area contributed by atoms with E-state index in [0.29, 0.717) is 15.1 Å². The van der Waals surface area contributed by atoms with Gasteiger partial charge in [0.05, 0.1) is 11.4 Å². The lowest BCUT2D eigenvalue weighted by Gasteiger charge is -2.16. The molecule has 1 amide bonds. The zero-order valence-corrected chi connectivity index (χ0v) is 19.6. The summed E-state index contributed by atoms with van der Waals surface area (Å²) in [4.78, 5) is 18.7. The SMILES string of the molecule is CN(Cc1ccc(-n2cccn2)cc1)C(=O)c1cc2nc(-c3ccc(Cl)cc3)cc(C(F)(F)F)n2n1. The third-order valence-corrected chi connectivity index (χ3v) is 5.80. The lowest BCUT2D eigenvalue weighted by Crippen LogP contribution is -2.26. The second kappa shape index (κ2) is 9.12. The van der Waals surface area contributed by atoms with E-state index in [9.17, 15) is 18.0 Å². The van der Waals surface area contributed by atoms with E-state index in [0.717, 1.165) is 17.3 Å². The molecule has 0 aliphatic carbocycles. The Kier molecular flexibility index (Phi) is 5.97. The van der Waals surface area contributed by atoms with Crippen molar-refractivity contribution in [2.24, 2.45) is 0 Å². The van der Waals surface area contributed by atoms with Gasteiger partial charge in [0.2, 0.25) is 0 Å². The van der Waals surface area contributed by atoms with Crippen molar-refractivity contribution < 1.29 is 18.0 Å². The maximum Gasteiger partial charge on any atom is 0.433 e. The third kappa shape index (κ3) is 4.67. The van der Waals surface area contributed by atoms with E-state index in [2.05, 4.69) is 15.2 Å². The maximum atomic E-state index is 13.9. The molecule has 0 aliphatic rings. The Morgan fingerprint density at radius 3 is 2.42 bits per heavy atom. The largest absolute Gasteiger partial charge is 0.433 e. The van der Waals surface area contributed by atoms with Gasteiger partial charge in [-0.05, 0) is 42.0 Å². The number of nitrogens with zero attached hydrogens (tertiary/aromatic N) is 6. The molecular weight excluding hydrogens is 493 g/mol. The predicted octanol–water partition coefficient (Wildman–Crippen LogP) is 5.53. The number of amides is 1. The molecule has 7 nitrogen and oxygen atoms in total. The fraction of sp³-hybridized carbons (Fsp3) is 0.120. The molecule has 11 heteroatoms. The van der Waals surface area contributed by atoms with Crippen molar-refractivity contribution in [1.82, 2.24) is 29.3 Å². The molecule has 0 aliphatic heterocycles. The summed E-state index contributed by atoms with van der Waals surface area (Å²) in [6.45, 7) is 0.238. The van der Waals surface area contributed by atoms with E-state index < -0.39 is 17.8 Å². The van der Waals surface area contributed by atoms with E-state index in [1.165, 1.54) is 11.0 Å². The number of alkyl halides is 3. The van der Waals surface area contributed by atoms with Crippen LogP contribution >= 0.6 is 11.6 Å². The van der Waals surface area contributed by atoms with E-state index in [4.69, 9.17) is 11.6 Å². The summed E-state index contributed by atoms with van der Waals surface area (Å²) in [5.74, 6) is -0.530. The number of halogens is 4. The minimum Gasteiger partial charge on any atom is -0.336 e. The highest BCUT2D eigenvalue weighted by Gasteiger charge is 2.36. The van der Waals surface area contributed by atoms with Gasteiger partial charge in [-0.25, -0.2) is 14.2 Å². The van der Waals surface area contributed by atoms with Gasteiger partial charge < -0.3 is 4.90 Å². The number of rotatable bonds is 5. The van der Waals surface area contributed by atoms with Crippen LogP contribution in [0.15, 0.2) is 79.1 Å². The highest BCUT2D eigenvalue weighted by atomic mass is 35.5. The van der Waals surface area contributed by atoms with Crippen molar-refractivity contribution in [3.05, 3.63) is 101 Å². The van der Waals surface area contributed by atoms with E-state index in [1.807, 2.05) is 36.5 Å². The molecule has 2 aromatic carbocycles. The van der Waals surface area contributed by atoms with Crippen LogP contribution < -0.4 is 0 Å². The number of carbonyl (C=O) groups excluding carboxylic acids is 1. The number of hydrogen-bond donors (Lipinski definition) is 0. The zero-order valence-electron chi connectivity index (χ0n) is 18.8. The normalized spacial score (nSPS) is 11.7. The molecule has 0 atom stereocenters. The Morgan fingerprint density at radius 2 is 1.78 bits per heavy atom. The molecule has 0 fully saturated rings. The topological polar surface area (TPSA) is 68.3 Å². The van der Waals surface area contributed by atoms with E-state index in [-0.39, 0.29) is 23.6 Å². The molecule has 0 spiro atoms. The fourth-order valence-electron chi connectivity index (χ4n) is 3.77. The first-order valence-corrected chi connectivity index (χ1v) is 11.2. The summed E-state index contributed by atoms with van der Waals surface area (Å²) in [6, 6.07) is 17.7. The molecule has 3 heterocycles. The monoisotopic (exact) mass is 510 g/mol. The summed E-state index contributed by atoms with van der Waals surface area (Å²) in [6.07, 6.45) is -1.22. The molecule has 0 N–H and O–H groups in total. The van der Waals surface area contributed by atoms with Crippen LogP contribution in [0, 0.1) is 0 Å². The number of carbonyl (C=O) groups is 1. The average Bonchev–Trinajstić information content (AvgIpc) is 3.53. The Morgan fingerprint density at radius 1 is 1.06 bits per heavy atom. The lowest BCUT2D eigenvalue weighted by molar-refractivity contribution is -0.142. The molecule has 3 aromatic heterocycles. The quantitative estimate of drug-likeness (QED) is 0.312. The summed E-state index contributed by atoms with van der Waals surface area (Å²) in [7, 11) is 1.56. The molecule has 36 heavy (non-hydrogen) atoms. The molecule has 5 rings (SSSR count). The molecule has 0 unspecified atom stereocenters. The molecule has 0 bridgehead atoms. The Hall–Kier alpha value is -4.18. The van der Waals surface area contributed by atoms with Gasteiger partial charge in [-0.15, -0.1) is 0 Å². The fourth-order valence-corrected chi connectivity index (χ4v) is 3.89. The number of fused-ring (bicyclic) bond motifs is 1. The van der Waals surface area contributed by atoms with Gasteiger partial charge in [0, 0.05) is 42.6 Å². The molecule has 0 saturated carbocycles. The van der Waals surface area contributed by atoms with Crippen LogP contribution in [0.3, 0.4) is 0 Å². The van der Waals surface area contributed by atoms with Crippen LogP contribution in [-0.4, -0.2) is 42.2 Å². The first-order chi connectivity index (χ1) is 17.2. The number of aromatic nitrogens is 5. The van der Waals surface area contributed by atoms with Crippen molar-refractivity contribution >= 4 is 23.2 Å². The number of benzene rings is 2. The highest BCUT2D eigenvalue weighted by molar-refractivity contribution is 6.30. The first kappa shape index (κ1) is 23.6. The van der Waals surface area contributed by atoms with E-state index in [1.54, 1.807) is 42.2 Å². The standard InChI is InChI=1S/C25H18ClF3N6O/c1-33(15-16-3-9-19(10-4-16)34-12-2-11-30-34)24(36)21-14-23-31-20(17-5-7-18(26)8-6-17)13-22(25(27,28)29)35(23)32-21/h2-14H,15H2,1H3. The first-order valence-electron chi connectivity index (χ1n) is 10.8. The molecule has 0 radical (unpaired) electrons. The van der Waals surface area contributed by atoms with Crippen LogP contribution in [0.25, 0.3) is 22.6 Å². The third-order valence-electron chi connectivity index (χ3n) is 5.55. The summed E-state index contributed by atoms with van der Waals surface area (Å²) in [5, 5.41) is 8.57. The Labute approximate surface area is 208 Å². The Balaban J connectivity index is 1.43. The predicted molar refractivity (Wildman–Crippen MR) is 128 cm³/mol. The maximum absolute atomic E-state index is 13.9. The van der Waals surface area contributed by atoms with Crippen molar-refractivity contribution in [3.8, 4) is 16.9 Å². The minimum absolute atomic E-state index is 0.0879. The molecule has 0 saturated heterocycles. The van der Waals surface area contributed by atoms with Crippen LogP contribution in [0.5, 0.6) is 0 Å². The number of hydrogen-bond acceptors (Lipinski definition) is 4. The van der Waals surface area contributed by atoms with Crippen LogP contribution in [0.1, 0.15) is 21.7 Å². The van der Waals surface area contributed by atoms with Gasteiger partial charge in [-0.3, -0.25) is 4.79 Å². The molecular formula is C25H18ClF3N6O. The van der Waals surface area contributed by atoms with Crippen molar-refractivity contribution in [2.45, 2.75) is 12.7 Å². The van der Waals surface area contributed by atoms with Gasteiger partial charge >= 0.3 is 6.18 Å². The van der Waals surface area contributed by atoms with Gasteiger partial charge in [0.1, 0.15) is 0 Å². The summed E-state index contributed by atoms with van der Waals surface area (Å²) < 4.78 is 43.9. The van der Waals surface area contributed by atoms with Gasteiger partial charge in [-0.1, -0.05) is 35.9 Å². The highest BCUT2D eigenvalue weighted by Crippen LogP contribution is 2.32. The van der Waals surface area contributed by atoms with Crippen LogP contribution in [0.4, 0.5) is 13.2 Å². The van der Waals surface area contributed by atoms with Crippen molar-refractivity contribution in [2.75, 3.05) is 7.05 Å². The summed E-state index contributed by atoms with van der Waals surface area (Å²) in [5.41, 5.74) is 0.985. The van der Waals surface area contributed by atoms with Gasteiger partial charge in [0.15, 0.2) is 17.0 Å². The zero-order chi connectivity index (χ0) is 25.4. The van der Waals surface area contributed by atoms with Gasteiger partial charge in [0.25, 0.3) is 5.91 Å². The lowest BCUT2D eigenvalue weighted by atomic mass is 10.1. The van der Waals surface area contributed by atoms with Crippen molar-refractivity contribution in [3.63, 3.8) is 0 Å². The Bertz CT molecular complexity index is 1530. The second-order valence-corrected chi connectivity index (χ2v) is 8.55. The second-order valence-electron chi connectivity index (χ2n) is 8.11. The molecule has 182 valence electrons. The molecule has 5 aromatic rings. The van der Waals surface area contributed by atoms with E-state index >= 15 is 0 Å².